The van der Waals surface area contributed by atoms with E-state index in [4.69, 9.17) is 4.74 Å². The summed E-state index contributed by atoms with van der Waals surface area (Å²) in [7, 11) is -3.43. The molecule has 0 amide bonds. The van der Waals surface area contributed by atoms with Crippen LogP contribution in [-0.4, -0.2) is 20.1 Å². The van der Waals surface area contributed by atoms with E-state index in [1.165, 1.54) is 6.92 Å². The predicted octanol–water partition coefficient (Wildman–Crippen LogP) is 3.16. The zero-order valence-electron chi connectivity index (χ0n) is 13.3. The highest BCUT2D eigenvalue weighted by molar-refractivity contribution is 7.91. The van der Waals surface area contributed by atoms with Gasteiger partial charge < -0.3 is 4.74 Å². The number of hydrogen-bond acceptors (Lipinski definition) is 4. The molecule has 0 aliphatic rings. The summed E-state index contributed by atoms with van der Waals surface area (Å²) in [6.07, 6.45) is -0.260. The molecule has 24 heavy (non-hydrogen) atoms. The summed E-state index contributed by atoms with van der Waals surface area (Å²) in [5, 5.41) is 0. The minimum atomic E-state index is -3.43. The van der Waals surface area contributed by atoms with E-state index in [1.807, 2.05) is 30.3 Å². The Labute approximate surface area is 142 Å². The summed E-state index contributed by atoms with van der Waals surface area (Å²) in [5.74, 6) is 4.81. The molecular formula is C19H18O4S. The lowest BCUT2D eigenvalue weighted by atomic mass is 10.1. The number of hydrogen-bond donors (Lipinski definition) is 0. The van der Waals surface area contributed by atoms with Gasteiger partial charge in [0, 0.05) is 6.92 Å². The van der Waals surface area contributed by atoms with Crippen molar-refractivity contribution in [3.05, 3.63) is 66.2 Å². The Balaban J connectivity index is 2.05. The molecule has 2 rings (SSSR count). The second kappa shape index (κ2) is 8.32. The van der Waals surface area contributed by atoms with E-state index in [1.54, 1.807) is 30.3 Å². The Hall–Kier alpha value is -2.58. The highest BCUT2D eigenvalue weighted by Crippen LogP contribution is 2.20. The van der Waals surface area contributed by atoms with Crippen LogP contribution in [0.3, 0.4) is 0 Å². The molecule has 0 bridgehead atoms. The Morgan fingerprint density at radius 2 is 1.58 bits per heavy atom. The molecule has 1 atom stereocenters. The van der Waals surface area contributed by atoms with Gasteiger partial charge in [-0.15, -0.1) is 0 Å². The SMILES string of the molecule is CC(=O)OC(CC#CCS(=O)(=O)c1ccccc1)c1ccccc1. The van der Waals surface area contributed by atoms with Crippen LogP contribution >= 0.6 is 0 Å². The molecule has 0 saturated heterocycles. The lowest BCUT2D eigenvalue weighted by molar-refractivity contribution is -0.146. The predicted molar refractivity (Wildman–Crippen MR) is 91.8 cm³/mol. The Bertz CT molecular complexity index is 831. The summed E-state index contributed by atoms with van der Waals surface area (Å²) < 4.78 is 29.5. The molecule has 1 unspecified atom stereocenters. The number of benzene rings is 2. The molecule has 0 heterocycles. The fourth-order valence-corrected chi connectivity index (χ4v) is 3.15. The molecule has 0 saturated carbocycles. The maximum absolute atomic E-state index is 12.1. The molecule has 0 aliphatic heterocycles. The molecule has 0 aromatic heterocycles. The van der Waals surface area contributed by atoms with E-state index in [0.717, 1.165) is 5.56 Å². The van der Waals surface area contributed by atoms with Gasteiger partial charge in [-0.25, -0.2) is 8.42 Å². The van der Waals surface area contributed by atoms with Crippen molar-refractivity contribution in [1.29, 1.82) is 0 Å². The number of carbonyl (C=O) groups excluding carboxylic acids is 1. The van der Waals surface area contributed by atoms with Crippen molar-refractivity contribution < 1.29 is 17.9 Å². The molecule has 0 aliphatic carbocycles. The summed E-state index contributed by atoms with van der Waals surface area (Å²) in [6.45, 7) is 1.34. The third-order valence-electron chi connectivity index (χ3n) is 3.26. The summed E-state index contributed by atoms with van der Waals surface area (Å²) in [4.78, 5) is 11.5. The normalized spacial score (nSPS) is 11.9. The van der Waals surface area contributed by atoms with Crippen LogP contribution in [-0.2, 0) is 19.4 Å². The van der Waals surface area contributed by atoms with Crippen molar-refractivity contribution in [3.63, 3.8) is 0 Å². The molecular weight excluding hydrogens is 324 g/mol. The maximum Gasteiger partial charge on any atom is 0.303 e. The molecule has 2 aromatic carbocycles. The van der Waals surface area contributed by atoms with Gasteiger partial charge in [-0.05, 0) is 17.7 Å². The van der Waals surface area contributed by atoms with Crippen LogP contribution in [0, 0.1) is 11.8 Å². The Morgan fingerprint density at radius 3 is 2.17 bits per heavy atom. The Morgan fingerprint density at radius 1 is 1.00 bits per heavy atom. The van der Waals surface area contributed by atoms with E-state index in [2.05, 4.69) is 11.8 Å². The summed E-state index contributed by atoms with van der Waals surface area (Å²) in [6, 6.07) is 17.4. The van der Waals surface area contributed by atoms with Gasteiger partial charge in [-0.2, -0.15) is 0 Å². The average molecular weight is 342 g/mol. The standard InChI is InChI=1S/C19H18O4S/c1-16(20)23-19(17-10-4-2-5-11-17)14-8-9-15-24(21,22)18-12-6-3-7-13-18/h2-7,10-13,19H,14-15H2,1H3. The van der Waals surface area contributed by atoms with E-state index >= 15 is 0 Å². The number of rotatable bonds is 5. The summed E-state index contributed by atoms with van der Waals surface area (Å²) in [5.41, 5.74) is 0.827. The lowest BCUT2D eigenvalue weighted by Crippen LogP contribution is -2.08. The smallest absolute Gasteiger partial charge is 0.303 e. The zero-order chi connectivity index (χ0) is 17.4. The minimum Gasteiger partial charge on any atom is -0.457 e. The molecule has 124 valence electrons. The van der Waals surface area contributed by atoms with Gasteiger partial charge >= 0.3 is 5.97 Å². The molecule has 4 nitrogen and oxygen atoms in total. The van der Waals surface area contributed by atoms with Gasteiger partial charge in [0.2, 0.25) is 0 Å². The zero-order valence-corrected chi connectivity index (χ0v) is 14.1. The molecule has 5 heteroatoms. The number of ether oxygens (including phenoxy) is 1. The van der Waals surface area contributed by atoms with Crippen molar-refractivity contribution in [3.8, 4) is 11.8 Å². The van der Waals surface area contributed by atoms with Crippen molar-refractivity contribution >= 4 is 15.8 Å². The second-order valence-corrected chi connectivity index (χ2v) is 7.13. The van der Waals surface area contributed by atoms with Crippen molar-refractivity contribution in [2.45, 2.75) is 24.3 Å². The first kappa shape index (κ1) is 17.8. The van der Waals surface area contributed by atoms with Gasteiger partial charge in [-0.3, -0.25) is 4.79 Å². The summed E-state index contributed by atoms with van der Waals surface area (Å²) >= 11 is 0. The third kappa shape index (κ3) is 5.25. The fraction of sp³-hybridized carbons (Fsp3) is 0.211. The molecule has 0 fully saturated rings. The second-order valence-electron chi connectivity index (χ2n) is 5.14. The van der Waals surface area contributed by atoms with Crippen LogP contribution in [0.15, 0.2) is 65.6 Å². The van der Waals surface area contributed by atoms with Gasteiger partial charge in [-0.1, -0.05) is 60.4 Å². The third-order valence-corrected chi connectivity index (χ3v) is 4.77. The highest BCUT2D eigenvalue weighted by Gasteiger charge is 2.14. The monoisotopic (exact) mass is 342 g/mol. The maximum atomic E-state index is 12.1. The quantitative estimate of drug-likeness (QED) is 0.619. The fourth-order valence-electron chi connectivity index (χ4n) is 2.12. The van der Waals surface area contributed by atoms with E-state index in [0.29, 0.717) is 0 Å². The largest absolute Gasteiger partial charge is 0.457 e. The number of carbonyl (C=O) groups is 1. The number of esters is 1. The van der Waals surface area contributed by atoms with Crippen molar-refractivity contribution in [2.24, 2.45) is 0 Å². The Kier molecular flexibility index (Phi) is 6.16. The van der Waals surface area contributed by atoms with Crippen LogP contribution in [0.4, 0.5) is 0 Å². The average Bonchev–Trinajstić information content (AvgIpc) is 2.59. The first-order chi connectivity index (χ1) is 11.5. The first-order valence-electron chi connectivity index (χ1n) is 7.45. The molecule has 0 spiro atoms. The van der Waals surface area contributed by atoms with Crippen molar-refractivity contribution in [2.75, 3.05) is 5.75 Å². The van der Waals surface area contributed by atoms with E-state index in [9.17, 15) is 13.2 Å². The van der Waals surface area contributed by atoms with Crippen LogP contribution in [0.2, 0.25) is 0 Å². The first-order valence-corrected chi connectivity index (χ1v) is 9.10. The van der Waals surface area contributed by atoms with Gasteiger partial charge in [0.15, 0.2) is 9.84 Å². The highest BCUT2D eigenvalue weighted by atomic mass is 32.2. The van der Waals surface area contributed by atoms with Gasteiger partial charge in [0.25, 0.3) is 0 Å². The van der Waals surface area contributed by atoms with Gasteiger partial charge in [0.05, 0.1) is 11.3 Å². The number of sulfone groups is 1. The lowest BCUT2D eigenvalue weighted by Gasteiger charge is -2.14. The topological polar surface area (TPSA) is 60.4 Å². The van der Waals surface area contributed by atoms with Crippen LogP contribution in [0.25, 0.3) is 0 Å². The van der Waals surface area contributed by atoms with E-state index < -0.39 is 21.9 Å². The van der Waals surface area contributed by atoms with E-state index in [-0.39, 0.29) is 17.1 Å². The molecule has 0 radical (unpaired) electrons. The molecule has 2 aromatic rings. The van der Waals surface area contributed by atoms with Crippen LogP contribution < -0.4 is 0 Å². The molecule has 0 N–H and O–H groups in total. The van der Waals surface area contributed by atoms with Crippen LogP contribution in [0.5, 0.6) is 0 Å². The van der Waals surface area contributed by atoms with Crippen LogP contribution in [0.1, 0.15) is 25.0 Å². The van der Waals surface area contributed by atoms with Gasteiger partial charge in [0.1, 0.15) is 11.9 Å². The van der Waals surface area contributed by atoms with Crippen molar-refractivity contribution in [1.82, 2.24) is 0 Å². The minimum absolute atomic E-state index is 0.244.